The molecule has 1 aromatic rings. The fraction of sp³-hybridized carbons (Fsp3) is 0.467. The number of carboxylic acids is 1. The van der Waals surface area contributed by atoms with Gasteiger partial charge in [-0.1, -0.05) is 0 Å². The minimum absolute atomic E-state index is 0.137. The summed E-state index contributed by atoms with van der Waals surface area (Å²) in [5.41, 5.74) is 0.792. The van der Waals surface area contributed by atoms with Crippen LogP contribution in [-0.2, 0) is 4.79 Å². The van der Waals surface area contributed by atoms with Crippen LogP contribution in [0.15, 0.2) is 24.3 Å². The predicted octanol–water partition coefficient (Wildman–Crippen LogP) is 1.06. The predicted molar refractivity (Wildman–Crippen MR) is 80.0 cm³/mol. The Balaban J connectivity index is 1.86. The lowest BCUT2D eigenvalue weighted by molar-refractivity contribution is -0.142. The standard InChI is InChI=1S/C15H21N3O3/c1-10(15(19)20)9-21-13-4-2-11(3-5-13)14(16)18-12-6-7-17-8-12/h2-5,10,12,17H,6-9H2,1H3,(H2,16,18)(H,19,20)/t10?,12-/m1/s1. The molecule has 1 saturated heterocycles. The third-order valence-electron chi connectivity index (χ3n) is 3.47. The zero-order valence-corrected chi connectivity index (χ0v) is 12.1. The molecule has 1 aliphatic heterocycles. The Morgan fingerprint density at radius 2 is 2.24 bits per heavy atom. The van der Waals surface area contributed by atoms with Crippen molar-refractivity contribution in [3.8, 4) is 5.75 Å². The van der Waals surface area contributed by atoms with E-state index in [1.54, 1.807) is 31.2 Å². The van der Waals surface area contributed by atoms with Crippen molar-refractivity contribution in [1.82, 2.24) is 10.6 Å². The van der Waals surface area contributed by atoms with Crippen molar-refractivity contribution < 1.29 is 14.6 Å². The topological polar surface area (TPSA) is 94.4 Å². The van der Waals surface area contributed by atoms with E-state index in [1.165, 1.54) is 0 Å². The Labute approximate surface area is 124 Å². The molecule has 6 nitrogen and oxygen atoms in total. The molecule has 6 heteroatoms. The van der Waals surface area contributed by atoms with E-state index in [1.807, 2.05) is 0 Å². The van der Waals surface area contributed by atoms with Crippen molar-refractivity contribution in [3.05, 3.63) is 29.8 Å². The highest BCUT2D eigenvalue weighted by molar-refractivity contribution is 5.96. The second-order valence-corrected chi connectivity index (χ2v) is 5.28. The summed E-state index contributed by atoms with van der Waals surface area (Å²) in [4.78, 5) is 10.7. The number of hydrogen-bond donors (Lipinski definition) is 4. The van der Waals surface area contributed by atoms with E-state index in [4.69, 9.17) is 15.3 Å². The number of ether oxygens (including phenoxy) is 1. The number of benzene rings is 1. The lowest BCUT2D eigenvalue weighted by atomic mass is 10.1. The largest absolute Gasteiger partial charge is 0.493 e. The third kappa shape index (κ3) is 4.46. The first-order valence-corrected chi connectivity index (χ1v) is 7.08. The molecule has 0 radical (unpaired) electrons. The fourth-order valence-corrected chi connectivity index (χ4v) is 2.08. The first kappa shape index (κ1) is 15.3. The van der Waals surface area contributed by atoms with Crippen LogP contribution in [0.3, 0.4) is 0 Å². The van der Waals surface area contributed by atoms with Crippen LogP contribution in [0.5, 0.6) is 5.75 Å². The summed E-state index contributed by atoms with van der Waals surface area (Å²) in [7, 11) is 0. The van der Waals surface area contributed by atoms with Gasteiger partial charge in [0.05, 0.1) is 5.92 Å². The highest BCUT2D eigenvalue weighted by Gasteiger charge is 2.16. The Bertz CT molecular complexity index is 495. The van der Waals surface area contributed by atoms with Crippen molar-refractivity contribution in [2.75, 3.05) is 19.7 Å². The molecule has 21 heavy (non-hydrogen) atoms. The first-order valence-electron chi connectivity index (χ1n) is 7.08. The monoisotopic (exact) mass is 291 g/mol. The number of amidine groups is 1. The van der Waals surface area contributed by atoms with E-state index in [2.05, 4.69) is 10.6 Å². The molecule has 2 rings (SSSR count). The van der Waals surface area contributed by atoms with E-state index in [0.717, 1.165) is 25.1 Å². The molecule has 1 aromatic carbocycles. The smallest absolute Gasteiger partial charge is 0.309 e. The van der Waals surface area contributed by atoms with Gasteiger partial charge in [-0.15, -0.1) is 0 Å². The van der Waals surface area contributed by atoms with E-state index in [9.17, 15) is 4.79 Å². The second kappa shape index (κ2) is 7.08. The molecule has 4 N–H and O–H groups in total. The molecule has 1 aliphatic rings. The minimum atomic E-state index is -0.872. The molecule has 2 atom stereocenters. The second-order valence-electron chi connectivity index (χ2n) is 5.28. The number of aliphatic carboxylic acids is 1. The molecule has 1 fully saturated rings. The molecule has 1 unspecified atom stereocenters. The van der Waals surface area contributed by atoms with E-state index in [-0.39, 0.29) is 6.61 Å². The minimum Gasteiger partial charge on any atom is -0.493 e. The quantitative estimate of drug-likeness (QED) is 0.464. The first-order chi connectivity index (χ1) is 10.1. The molecule has 0 saturated carbocycles. The van der Waals surface area contributed by atoms with Gasteiger partial charge < -0.3 is 20.5 Å². The lowest BCUT2D eigenvalue weighted by Crippen LogP contribution is -2.36. The van der Waals surface area contributed by atoms with Gasteiger partial charge in [-0.3, -0.25) is 10.2 Å². The fourth-order valence-electron chi connectivity index (χ4n) is 2.08. The zero-order chi connectivity index (χ0) is 15.2. The van der Waals surface area contributed by atoms with Gasteiger partial charge in [-0.25, -0.2) is 0 Å². The average molecular weight is 291 g/mol. The average Bonchev–Trinajstić information content (AvgIpc) is 2.98. The van der Waals surface area contributed by atoms with Gasteiger partial charge in [0.15, 0.2) is 0 Å². The van der Waals surface area contributed by atoms with Crippen LogP contribution in [0, 0.1) is 11.3 Å². The molecular weight excluding hydrogens is 270 g/mol. The Hall–Kier alpha value is -2.08. The van der Waals surface area contributed by atoms with Gasteiger partial charge in [0.25, 0.3) is 0 Å². The SMILES string of the molecule is CC(COc1ccc(C(=N)N[C@@H]2CCNC2)cc1)C(=O)O. The molecule has 0 aliphatic carbocycles. The van der Waals surface area contributed by atoms with Crippen molar-refractivity contribution in [2.24, 2.45) is 5.92 Å². The summed E-state index contributed by atoms with van der Waals surface area (Å²) in [6, 6.07) is 7.43. The number of rotatable bonds is 6. The molecular formula is C15H21N3O3. The summed E-state index contributed by atoms with van der Waals surface area (Å²) >= 11 is 0. The molecule has 0 bridgehead atoms. The van der Waals surface area contributed by atoms with Crippen molar-refractivity contribution in [2.45, 2.75) is 19.4 Å². The van der Waals surface area contributed by atoms with E-state index in [0.29, 0.717) is 17.6 Å². The Morgan fingerprint density at radius 3 is 2.81 bits per heavy atom. The van der Waals surface area contributed by atoms with Crippen LogP contribution in [-0.4, -0.2) is 42.6 Å². The number of carboxylic acid groups (broad SMARTS) is 1. The van der Waals surface area contributed by atoms with Crippen LogP contribution in [0.2, 0.25) is 0 Å². The third-order valence-corrected chi connectivity index (χ3v) is 3.47. The maximum absolute atomic E-state index is 10.7. The van der Waals surface area contributed by atoms with Gasteiger partial charge in [0.2, 0.25) is 0 Å². The van der Waals surface area contributed by atoms with Crippen LogP contribution in [0.25, 0.3) is 0 Å². The maximum Gasteiger partial charge on any atom is 0.309 e. The summed E-state index contributed by atoms with van der Waals surface area (Å²) in [5, 5.41) is 23.3. The zero-order valence-electron chi connectivity index (χ0n) is 12.1. The van der Waals surface area contributed by atoms with Crippen molar-refractivity contribution in [1.29, 1.82) is 5.41 Å². The highest BCUT2D eigenvalue weighted by atomic mass is 16.5. The molecule has 114 valence electrons. The van der Waals surface area contributed by atoms with Crippen LogP contribution >= 0.6 is 0 Å². The van der Waals surface area contributed by atoms with E-state index < -0.39 is 11.9 Å². The molecule has 0 spiro atoms. The van der Waals surface area contributed by atoms with Gasteiger partial charge >= 0.3 is 5.97 Å². The lowest BCUT2D eigenvalue weighted by Gasteiger charge is -2.14. The van der Waals surface area contributed by atoms with Crippen molar-refractivity contribution in [3.63, 3.8) is 0 Å². The number of hydrogen-bond acceptors (Lipinski definition) is 4. The number of nitrogens with one attached hydrogen (secondary N) is 3. The van der Waals surface area contributed by atoms with Gasteiger partial charge in [0.1, 0.15) is 18.2 Å². The van der Waals surface area contributed by atoms with Crippen LogP contribution in [0.4, 0.5) is 0 Å². The number of carbonyl (C=O) groups is 1. The Morgan fingerprint density at radius 1 is 1.52 bits per heavy atom. The molecule has 0 aromatic heterocycles. The van der Waals surface area contributed by atoms with Crippen molar-refractivity contribution >= 4 is 11.8 Å². The summed E-state index contributed by atoms with van der Waals surface area (Å²) in [6.45, 7) is 3.61. The summed E-state index contributed by atoms with van der Waals surface area (Å²) < 4.78 is 5.42. The Kier molecular flexibility index (Phi) is 5.16. The highest BCUT2D eigenvalue weighted by Crippen LogP contribution is 2.14. The van der Waals surface area contributed by atoms with Crippen LogP contribution < -0.4 is 15.4 Å². The van der Waals surface area contributed by atoms with Gasteiger partial charge in [0, 0.05) is 18.2 Å². The van der Waals surface area contributed by atoms with Gasteiger partial charge in [-0.2, -0.15) is 0 Å². The maximum atomic E-state index is 10.7. The molecule has 0 amide bonds. The van der Waals surface area contributed by atoms with Gasteiger partial charge in [-0.05, 0) is 44.2 Å². The summed E-state index contributed by atoms with van der Waals surface area (Å²) in [5.74, 6) is -0.404. The van der Waals surface area contributed by atoms with Crippen LogP contribution in [0.1, 0.15) is 18.9 Å². The van der Waals surface area contributed by atoms with E-state index >= 15 is 0 Å². The normalized spacial score (nSPS) is 19.0. The molecule has 1 heterocycles. The summed E-state index contributed by atoms with van der Waals surface area (Å²) in [6.07, 6.45) is 1.02.